The topological polar surface area (TPSA) is 69.2 Å². The molecule has 2 aromatic rings. The van der Waals surface area contributed by atoms with Crippen LogP contribution in [0.4, 0.5) is 5.95 Å². The number of hydrogen-bond acceptors (Lipinski definition) is 6. The van der Waals surface area contributed by atoms with Gasteiger partial charge in [-0.25, -0.2) is 0 Å². The Kier molecular flexibility index (Phi) is 5.09. The van der Waals surface area contributed by atoms with Gasteiger partial charge in [0.25, 0.3) is 0 Å². The third kappa shape index (κ3) is 4.04. The Hall–Kier alpha value is -1.92. The van der Waals surface area contributed by atoms with Gasteiger partial charge in [0.1, 0.15) is 5.75 Å². The zero-order valence-electron chi connectivity index (χ0n) is 11.3. The number of nitrogens with one attached hydrogen (secondary N) is 1. The van der Waals surface area contributed by atoms with Crippen LogP contribution in [-0.4, -0.2) is 28.6 Å². The van der Waals surface area contributed by atoms with Crippen LogP contribution in [-0.2, 0) is 11.3 Å². The Bertz CT molecular complexity index is 580. The minimum absolute atomic E-state index is 0.0824. The molecule has 0 bridgehead atoms. The molecule has 0 aliphatic heterocycles. The van der Waals surface area contributed by atoms with E-state index in [1.807, 2.05) is 31.2 Å². The number of nitrogens with zero attached hydrogens (tertiary/aromatic N) is 3. The monoisotopic (exact) mass is 294 g/mol. The number of anilines is 1. The minimum Gasteiger partial charge on any atom is -0.424 e. The first-order valence-corrected chi connectivity index (χ1v) is 6.50. The summed E-state index contributed by atoms with van der Waals surface area (Å²) in [7, 11) is 1.64. The Balaban J connectivity index is 2.18. The Morgan fingerprint density at radius 3 is 2.85 bits per heavy atom. The predicted octanol–water partition coefficient (Wildman–Crippen LogP) is 2.90. The standard InChI is InChI=1S/C13H15ClN4O2/c1-3-15-12-16-11(14)17-13(18-12)20-10-6-4-5-9(7-10)8-19-2/h4-7H,3,8H2,1-2H3,(H,15,16,17,18). The van der Waals surface area contributed by atoms with Crippen LogP contribution in [0.5, 0.6) is 11.8 Å². The van der Waals surface area contributed by atoms with Crippen LogP contribution in [0.25, 0.3) is 0 Å². The lowest BCUT2D eigenvalue weighted by molar-refractivity contribution is 0.184. The SMILES string of the molecule is CCNc1nc(Cl)nc(Oc2cccc(COC)c2)n1. The quantitative estimate of drug-likeness (QED) is 0.883. The summed E-state index contributed by atoms with van der Waals surface area (Å²) in [6, 6.07) is 7.63. The van der Waals surface area contributed by atoms with Gasteiger partial charge in [-0.05, 0) is 36.2 Å². The molecule has 0 saturated carbocycles. The normalized spacial score (nSPS) is 10.3. The van der Waals surface area contributed by atoms with Crippen molar-refractivity contribution in [2.24, 2.45) is 0 Å². The van der Waals surface area contributed by atoms with Crippen molar-refractivity contribution in [2.75, 3.05) is 19.0 Å². The summed E-state index contributed by atoms with van der Waals surface area (Å²) in [5.74, 6) is 1.000. The van der Waals surface area contributed by atoms with E-state index in [2.05, 4.69) is 20.3 Å². The van der Waals surface area contributed by atoms with Crippen molar-refractivity contribution in [1.29, 1.82) is 0 Å². The van der Waals surface area contributed by atoms with Crippen LogP contribution in [0.1, 0.15) is 12.5 Å². The average molecular weight is 295 g/mol. The molecular formula is C13H15ClN4O2. The van der Waals surface area contributed by atoms with Crippen molar-refractivity contribution in [3.8, 4) is 11.8 Å². The molecule has 0 spiro atoms. The summed E-state index contributed by atoms with van der Waals surface area (Å²) >= 11 is 5.83. The molecule has 0 radical (unpaired) electrons. The van der Waals surface area contributed by atoms with Gasteiger partial charge in [-0.15, -0.1) is 0 Å². The smallest absolute Gasteiger partial charge is 0.328 e. The van der Waals surface area contributed by atoms with Crippen molar-refractivity contribution in [2.45, 2.75) is 13.5 Å². The molecule has 1 aromatic carbocycles. The fraction of sp³-hybridized carbons (Fsp3) is 0.308. The van der Waals surface area contributed by atoms with Gasteiger partial charge in [0.15, 0.2) is 0 Å². The fourth-order valence-corrected chi connectivity index (χ4v) is 1.74. The van der Waals surface area contributed by atoms with Crippen molar-refractivity contribution in [1.82, 2.24) is 15.0 Å². The number of rotatable bonds is 6. The van der Waals surface area contributed by atoms with Gasteiger partial charge in [-0.3, -0.25) is 0 Å². The van der Waals surface area contributed by atoms with Crippen molar-refractivity contribution in [3.63, 3.8) is 0 Å². The van der Waals surface area contributed by atoms with Crippen molar-refractivity contribution >= 4 is 17.5 Å². The maximum Gasteiger partial charge on any atom is 0.328 e. The van der Waals surface area contributed by atoms with E-state index >= 15 is 0 Å². The number of hydrogen-bond donors (Lipinski definition) is 1. The molecule has 0 aliphatic carbocycles. The second-order valence-corrected chi connectivity index (χ2v) is 4.26. The second-order valence-electron chi connectivity index (χ2n) is 3.92. The summed E-state index contributed by atoms with van der Waals surface area (Å²) in [5, 5.41) is 3.04. The highest BCUT2D eigenvalue weighted by Gasteiger charge is 2.07. The van der Waals surface area contributed by atoms with E-state index in [-0.39, 0.29) is 11.3 Å². The van der Waals surface area contributed by atoms with E-state index in [0.717, 1.165) is 5.56 Å². The van der Waals surface area contributed by atoms with Gasteiger partial charge < -0.3 is 14.8 Å². The molecule has 1 aromatic heterocycles. The van der Waals surface area contributed by atoms with Crippen LogP contribution in [0.2, 0.25) is 5.28 Å². The summed E-state index contributed by atoms with van der Waals surface area (Å²) < 4.78 is 10.7. The molecule has 0 fully saturated rings. The number of benzene rings is 1. The van der Waals surface area contributed by atoms with Crippen LogP contribution in [0.3, 0.4) is 0 Å². The van der Waals surface area contributed by atoms with Crippen LogP contribution in [0, 0.1) is 0 Å². The summed E-state index contributed by atoms with van der Waals surface area (Å²) in [6.45, 7) is 3.13. The Labute approximate surface area is 122 Å². The van der Waals surface area contributed by atoms with Crippen molar-refractivity contribution < 1.29 is 9.47 Å². The zero-order chi connectivity index (χ0) is 14.4. The summed E-state index contributed by atoms with van der Waals surface area (Å²) in [4.78, 5) is 12.0. The highest BCUT2D eigenvalue weighted by Crippen LogP contribution is 2.21. The number of halogens is 1. The van der Waals surface area contributed by atoms with Gasteiger partial charge >= 0.3 is 6.01 Å². The summed E-state index contributed by atoms with van der Waals surface area (Å²) in [6.07, 6.45) is 0. The van der Waals surface area contributed by atoms with Gasteiger partial charge in [-0.1, -0.05) is 12.1 Å². The maximum absolute atomic E-state index is 5.83. The van der Waals surface area contributed by atoms with Crippen molar-refractivity contribution in [3.05, 3.63) is 35.1 Å². The largest absolute Gasteiger partial charge is 0.424 e. The molecule has 20 heavy (non-hydrogen) atoms. The van der Waals surface area contributed by atoms with Gasteiger partial charge in [0, 0.05) is 13.7 Å². The van der Waals surface area contributed by atoms with Crippen LogP contribution < -0.4 is 10.1 Å². The molecule has 106 valence electrons. The molecule has 2 rings (SSSR count). The lowest BCUT2D eigenvalue weighted by Crippen LogP contribution is -2.04. The second kappa shape index (κ2) is 7.02. The Morgan fingerprint density at radius 2 is 2.10 bits per heavy atom. The van der Waals surface area contributed by atoms with E-state index in [1.54, 1.807) is 7.11 Å². The van der Waals surface area contributed by atoms with E-state index < -0.39 is 0 Å². The lowest BCUT2D eigenvalue weighted by atomic mass is 10.2. The molecule has 6 nitrogen and oxygen atoms in total. The highest BCUT2D eigenvalue weighted by atomic mass is 35.5. The number of ether oxygens (including phenoxy) is 2. The molecule has 7 heteroatoms. The molecule has 0 atom stereocenters. The molecular weight excluding hydrogens is 280 g/mol. The fourth-order valence-electron chi connectivity index (χ4n) is 1.59. The molecule has 0 aliphatic rings. The first-order chi connectivity index (χ1) is 9.71. The van der Waals surface area contributed by atoms with E-state index in [1.165, 1.54) is 0 Å². The van der Waals surface area contributed by atoms with Crippen LogP contribution in [0.15, 0.2) is 24.3 Å². The molecule has 1 N–H and O–H groups in total. The third-order valence-electron chi connectivity index (χ3n) is 2.34. The van der Waals surface area contributed by atoms with E-state index in [9.17, 15) is 0 Å². The van der Waals surface area contributed by atoms with E-state index in [0.29, 0.717) is 24.8 Å². The average Bonchev–Trinajstić information content (AvgIpc) is 2.39. The lowest BCUT2D eigenvalue weighted by Gasteiger charge is -2.07. The first kappa shape index (κ1) is 14.5. The maximum atomic E-state index is 5.83. The third-order valence-corrected chi connectivity index (χ3v) is 2.51. The first-order valence-electron chi connectivity index (χ1n) is 6.12. The highest BCUT2D eigenvalue weighted by molar-refractivity contribution is 6.28. The van der Waals surface area contributed by atoms with Gasteiger partial charge in [-0.2, -0.15) is 15.0 Å². The van der Waals surface area contributed by atoms with Gasteiger partial charge in [0.05, 0.1) is 6.61 Å². The Morgan fingerprint density at radius 1 is 1.25 bits per heavy atom. The minimum atomic E-state index is 0.0824. The van der Waals surface area contributed by atoms with Crippen LogP contribution >= 0.6 is 11.6 Å². The molecule has 0 saturated heterocycles. The molecule has 0 unspecified atom stereocenters. The number of methoxy groups -OCH3 is 1. The van der Waals surface area contributed by atoms with Gasteiger partial charge in [0.2, 0.25) is 11.2 Å². The zero-order valence-corrected chi connectivity index (χ0v) is 12.0. The summed E-state index contributed by atoms with van der Waals surface area (Å²) in [5.41, 5.74) is 0.997. The predicted molar refractivity (Wildman–Crippen MR) is 76.2 cm³/mol. The van der Waals surface area contributed by atoms with E-state index in [4.69, 9.17) is 21.1 Å². The molecule has 1 heterocycles. The molecule has 0 amide bonds. The number of aromatic nitrogens is 3.